The molecule has 172 valence electrons. The third-order valence-electron chi connectivity index (χ3n) is 5.00. The van der Waals surface area contributed by atoms with Crippen LogP contribution in [0.25, 0.3) is 0 Å². The van der Waals surface area contributed by atoms with Crippen LogP contribution >= 0.6 is 11.8 Å². The molecule has 0 saturated heterocycles. The van der Waals surface area contributed by atoms with Crippen molar-refractivity contribution in [1.82, 2.24) is 4.58 Å². The molecule has 2 aliphatic heterocycles. The summed E-state index contributed by atoms with van der Waals surface area (Å²) >= 11 is 1.22. The largest absolute Gasteiger partial charge is 0.729 e. The number of hydrogen-bond acceptors (Lipinski definition) is 3. The molecule has 0 bridgehead atoms. The number of benzene rings is 3. The molecule has 5 rings (SSSR count). The molecule has 0 radical (unpaired) electrons. The number of fused-ring (bicyclic) bond motifs is 1. The Labute approximate surface area is 195 Å². The van der Waals surface area contributed by atoms with Crippen LogP contribution in [0.3, 0.4) is 0 Å². The van der Waals surface area contributed by atoms with Gasteiger partial charge in [0.2, 0.25) is 17.1 Å². The van der Waals surface area contributed by atoms with E-state index in [-0.39, 0.29) is 0 Å². The highest BCUT2D eigenvalue weighted by molar-refractivity contribution is 8.13. The molecule has 34 heavy (non-hydrogen) atoms. The maximum Gasteiger partial charge on any atom is 0.729 e. The van der Waals surface area contributed by atoms with E-state index >= 15 is 0 Å². The molecule has 0 fully saturated rings. The van der Waals surface area contributed by atoms with Gasteiger partial charge in [0, 0.05) is 30.3 Å². The highest BCUT2D eigenvalue weighted by Crippen LogP contribution is 2.42. The molecule has 11 heteroatoms. The minimum Gasteiger partial charge on any atom is -0.624 e. The lowest BCUT2D eigenvalue weighted by Crippen LogP contribution is -2.44. The van der Waals surface area contributed by atoms with Crippen molar-refractivity contribution in [3.63, 3.8) is 0 Å². The van der Waals surface area contributed by atoms with Crippen LogP contribution in [0.4, 0.5) is 38.9 Å². The molecular weight excluding hydrogens is 474 g/mol. The summed E-state index contributed by atoms with van der Waals surface area (Å²) in [6.45, 7) is 0. The van der Waals surface area contributed by atoms with Gasteiger partial charge in [-0.3, -0.25) is 0 Å². The second-order valence-corrected chi connectivity index (χ2v) is 8.32. The average Bonchev–Trinajstić information content (AvgIpc) is 3.18. The summed E-state index contributed by atoms with van der Waals surface area (Å²) in [5.41, 5.74) is 1.76. The van der Waals surface area contributed by atoms with Gasteiger partial charge in [0.1, 0.15) is 0 Å². The molecule has 0 unspecified atom stereocenters. The fourth-order valence-electron chi connectivity index (χ4n) is 3.62. The van der Waals surface area contributed by atoms with Crippen LogP contribution in [0.1, 0.15) is 0 Å². The number of halogens is 5. The lowest BCUT2D eigenvalue weighted by atomic mass is 10.1. The molecule has 0 aromatic heterocycles. The van der Waals surface area contributed by atoms with E-state index in [1.54, 1.807) is 53.1 Å². The maximum absolute atomic E-state index is 14.2. The standard InChI is InChI=1S/C23H15BF5N2O2S/c25-23(26,27)20-15-21(33-24(28,29)32-20)31-18-13-7-8-14-19(18)34-22(31)30(16-9-3-1-4-10-16)17-11-5-2-6-12-17/h1-15H/q+1/b31-21-. The number of allylic oxidation sites excluding steroid dienone is 1. The average molecular weight is 489 g/mol. The summed E-state index contributed by atoms with van der Waals surface area (Å²) in [6, 6.07) is 24.9. The Balaban J connectivity index is 1.86. The van der Waals surface area contributed by atoms with Gasteiger partial charge in [0.15, 0.2) is 5.76 Å². The zero-order valence-corrected chi connectivity index (χ0v) is 18.1. The molecule has 3 aromatic carbocycles. The summed E-state index contributed by atoms with van der Waals surface area (Å²) in [7, 11) is -5.24. The minimum atomic E-state index is -5.24. The Morgan fingerprint density at radius 2 is 1.32 bits per heavy atom. The van der Waals surface area contributed by atoms with Crippen LogP contribution < -0.4 is 4.58 Å². The molecule has 2 aliphatic rings. The number of amidine groups is 1. The van der Waals surface area contributed by atoms with Gasteiger partial charge < -0.3 is 17.9 Å². The van der Waals surface area contributed by atoms with E-state index in [0.29, 0.717) is 33.2 Å². The van der Waals surface area contributed by atoms with Crippen molar-refractivity contribution in [2.24, 2.45) is 0 Å². The van der Waals surface area contributed by atoms with E-state index in [9.17, 15) is 21.8 Å². The predicted octanol–water partition coefficient (Wildman–Crippen LogP) is 6.59. The first-order valence-electron chi connectivity index (χ1n) is 10.1. The zero-order valence-electron chi connectivity index (χ0n) is 17.2. The van der Waals surface area contributed by atoms with Gasteiger partial charge in [-0.1, -0.05) is 57.7 Å². The summed E-state index contributed by atoms with van der Waals surface area (Å²) in [5, 5.41) is 0.347. The molecule has 0 aliphatic carbocycles. The SMILES string of the molecule is F[B-]1(F)OC(C(F)(F)F)=C/C(=[N+]2/C(=[N+](c3ccccc3)c3ccccc3)Sc3ccccc32)O1. The normalized spacial score (nSPS) is 19.1. The number of nitrogens with zero attached hydrogens (tertiary/aromatic N) is 2. The summed E-state index contributed by atoms with van der Waals surface area (Å²) in [4.78, 5) is 0.662. The van der Waals surface area contributed by atoms with Crippen LogP contribution in [-0.4, -0.2) is 28.9 Å². The summed E-state index contributed by atoms with van der Waals surface area (Å²) in [6.07, 6.45) is -4.67. The lowest BCUT2D eigenvalue weighted by Gasteiger charge is -2.32. The van der Waals surface area contributed by atoms with Crippen LogP contribution in [0.5, 0.6) is 0 Å². The Hall–Kier alpha value is -3.60. The molecule has 0 spiro atoms. The molecule has 3 aromatic rings. The van der Waals surface area contributed by atoms with Gasteiger partial charge >= 0.3 is 24.3 Å². The van der Waals surface area contributed by atoms with E-state index < -0.39 is 24.9 Å². The van der Waals surface area contributed by atoms with Crippen molar-refractivity contribution in [2.75, 3.05) is 0 Å². The number of rotatable bonds is 2. The Kier molecular flexibility index (Phi) is 5.43. The summed E-state index contributed by atoms with van der Waals surface area (Å²) < 4.78 is 80.2. The van der Waals surface area contributed by atoms with Crippen molar-refractivity contribution in [1.29, 1.82) is 0 Å². The Morgan fingerprint density at radius 3 is 1.91 bits per heavy atom. The van der Waals surface area contributed by atoms with Crippen LogP contribution in [-0.2, 0) is 9.31 Å². The van der Waals surface area contributed by atoms with E-state index in [4.69, 9.17) is 4.65 Å². The third-order valence-corrected chi connectivity index (χ3v) is 6.11. The Bertz CT molecular complexity index is 1300. The first-order chi connectivity index (χ1) is 16.2. The van der Waals surface area contributed by atoms with Gasteiger partial charge in [-0.15, -0.1) is 0 Å². The van der Waals surface area contributed by atoms with Crippen LogP contribution in [0.15, 0.2) is 102 Å². The summed E-state index contributed by atoms with van der Waals surface area (Å²) in [5.74, 6) is -2.51. The molecule has 0 atom stereocenters. The van der Waals surface area contributed by atoms with Gasteiger partial charge in [-0.05, 0) is 6.07 Å². The van der Waals surface area contributed by atoms with Crippen molar-refractivity contribution in [2.45, 2.75) is 11.1 Å². The monoisotopic (exact) mass is 489 g/mol. The third kappa shape index (κ3) is 4.18. The molecular formula is C23H15BF5N2O2S+. The van der Waals surface area contributed by atoms with Gasteiger partial charge in [0.05, 0.1) is 22.7 Å². The number of alkyl halides is 3. The smallest absolute Gasteiger partial charge is 0.624 e. The maximum atomic E-state index is 14.2. The van der Waals surface area contributed by atoms with Crippen molar-refractivity contribution in [3.05, 3.63) is 96.8 Å². The molecule has 0 N–H and O–H groups in total. The van der Waals surface area contributed by atoms with Crippen molar-refractivity contribution >= 4 is 47.0 Å². The van der Waals surface area contributed by atoms with E-state index in [1.807, 2.05) is 36.4 Å². The van der Waals surface area contributed by atoms with Gasteiger partial charge in [-0.25, -0.2) is 0 Å². The van der Waals surface area contributed by atoms with Crippen LogP contribution in [0.2, 0.25) is 0 Å². The number of thioether (sulfide) groups is 1. The lowest BCUT2D eigenvalue weighted by molar-refractivity contribution is -0.313. The highest BCUT2D eigenvalue weighted by Gasteiger charge is 2.52. The molecule has 2 heterocycles. The molecule has 0 saturated carbocycles. The van der Waals surface area contributed by atoms with E-state index in [0.717, 1.165) is 0 Å². The van der Waals surface area contributed by atoms with Crippen LogP contribution in [0, 0.1) is 0 Å². The first kappa shape index (κ1) is 22.2. The van der Waals surface area contributed by atoms with Gasteiger partial charge in [-0.2, -0.15) is 13.2 Å². The molecule has 0 amide bonds. The van der Waals surface area contributed by atoms with E-state index in [2.05, 4.69) is 4.65 Å². The second kappa shape index (κ2) is 8.32. The number of hydrogen-bond donors (Lipinski definition) is 0. The quantitative estimate of drug-likeness (QED) is 0.231. The number of para-hydroxylation sites is 3. The fraction of sp³-hybridized carbons (Fsp3) is 0.0435. The highest BCUT2D eigenvalue weighted by atomic mass is 32.2. The second-order valence-electron chi connectivity index (χ2n) is 7.31. The predicted molar refractivity (Wildman–Crippen MR) is 121 cm³/mol. The van der Waals surface area contributed by atoms with E-state index in [1.165, 1.54) is 16.3 Å². The first-order valence-corrected chi connectivity index (χ1v) is 10.9. The topological polar surface area (TPSA) is 24.5 Å². The van der Waals surface area contributed by atoms with Gasteiger partial charge in [0.25, 0.3) is 0 Å². The zero-order chi connectivity index (χ0) is 23.9. The molecule has 4 nitrogen and oxygen atoms in total. The Morgan fingerprint density at radius 1 is 0.765 bits per heavy atom. The van der Waals surface area contributed by atoms with Crippen molar-refractivity contribution < 1.29 is 35.7 Å². The minimum absolute atomic E-state index is 0.347. The fourth-order valence-corrected chi connectivity index (χ4v) is 4.81. The van der Waals surface area contributed by atoms with Crippen molar-refractivity contribution in [3.8, 4) is 0 Å².